The van der Waals surface area contributed by atoms with Crippen molar-refractivity contribution in [1.29, 1.82) is 0 Å². The van der Waals surface area contributed by atoms with E-state index in [0.717, 1.165) is 89.5 Å². The van der Waals surface area contributed by atoms with Gasteiger partial charge in [0.15, 0.2) is 22.5 Å². The van der Waals surface area contributed by atoms with Crippen molar-refractivity contribution in [2.24, 2.45) is 16.2 Å². The van der Waals surface area contributed by atoms with Crippen LogP contribution in [0.3, 0.4) is 0 Å². The summed E-state index contributed by atoms with van der Waals surface area (Å²) >= 11 is 1.59. The average molecular weight is 802 g/mol. The quantitative estimate of drug-likeness (QED) is 0.133. The summed E-state index contributed by atoms with van der Waals surface area (Å²) in [6, 6.07) is 10.1. The Hall–Kier alpha value is -4.46. The van der Waals surface area contributed by atoms with Gasteiger partial charge in [0.2, 0.25) is 0 Å². The maximum Gasteiger partial charge on any atom is 0.355 e. The molecule has 2 atom stereocenters. The van der Waals surface area contributed by atoms with Crippen LogP contribution in [-0.2, 0) is 17.7 Å². The summed E-state index contributed by atoms with van der Waals surface area (Å²) in [4.78, 5) is 27.1. The number of hydrogen-bond donors (Lipinski definition) is 2. The maximum atomic E-state index is 13.0. The van der Waals surface area contributed by atoms with Crippen molar-refractivity contribution >= 4 is 50.1 Å². The Morgan fingerprint density at radius 1 is 0.914 bits per heavy atom. The molecule has 4 aromatic heterocycles. The summed E-state index contributed by atoms with van der Waals surface area (Å²) in [7, 11) is 0. The number of benzene rings is 1. The molecule has 2 N–H and O–H groups in total. The number of anilines is 4. The van der Waals surface area contributed by atoms with Gasteiger partial charge in [0.05, 0.1) is 28.6 Å². The van der Waals surface area contributed by atoms with Crippen molar-refractivity contribution in [3.8, 4) is 11.1 Å². The zero-order chi connectivity index (χ0) is 40.0. The highest BCUT2D eigenvalue weighted by Crippen LogP contribution is 2.72. The first-order valence-electron chi connectivity index (χ1n) is 21.2. The molecule has 1 aromatic carbocycles. The van der Waals surface area contributed by atoms with E-state index < -0.39 is 5.97 Å². The number of carbonyl (C=O) groups is 1. The Morgan fingerprint density at radius 3 is 2.48 bits per heavy atom. The van der Waals surface area contributed by atoms with E-state index in [0.29, 0.717) is 29.6 Å². The molecular formula is C45H55N9O3S. The molecule has 58 heavy (non-hydrogen) atoms. The van der Waals surface area contributed by atoms with Crippen LogP contribution in [0, 0.1) is 37.0 Å². The first-order valence-corrected chi connectivity index (χ1v) is 22.0. The molecule has 5 aromatic rings. The lowest BCUT2D eigenvalue weighted by atomic mass is 9.39. The van der Waals surface area contributed by atoms with Gasteiger partial charge < -0.3 is 25.0 Å². The molecule has 5 fully saturated rings. The Morgan fingerprint density at radius 2 is 1.71 bits per heavy atom. The Kier molecular flexibility index (Phi) is 9.00. The first-order chi connectivity index (χ1) is 27.8. The maximum absolute atomic E-state index is 13.0. The lowest BCUT2D eigenvalue weighted by Gasteiger charge is -2.69. The van der Waals surface area contributed by atoms with Gasteiger partial charge in [-0.2, -0.15) is 5.10 Å². The topological polar surface area (TPSA) is 134 Å². The average Bonchev–Trinajstić information content (AvgIpc) is 3.91. The number of carboxylic acids is 1. The number of thiazole rings is 1. The van der Waals surface area contributed by atoms with E-state index in [1.807, 2.05) is 23.2 Å². The zero-order valence-electron chi connectivity index (χ0n) is 34.5. The molecule has 4 bridgehead atoms. The van der Waals surface area contributed by atoms with E-state index in [1.54, 1.807) is 11.3 Å². The Labute approximate surface area is 344 Å². The fourth-order valence-corrected chi connectivity index (χ4v) is 13.7. The highest BCUT2D eigenvalue weighted by Gasteiger charge is 2.66. The molecule has 6 aliphatic rings. The minimum Gasteiger partial charge on any atom is -0.476 e. The number of carboxylic acid groups (broad SMARTS) is 1. The van der Waals surface area contributed by atoms with Crippen LogP contribution in [0.25, 0.3) is 21.3 Å². The van der Waals surface area contributed by atoms with Gasteiger partial charge >= 0.3 is 5.97 Å². The lowest BCUT2D eigenvalue weighted by Crippen LogP contribution is -2.64. The van der Waals surface area contributed by atoms with Gasteiger partial charge in [-0.1, -0.05) is 31.3 Å². The van der Waals surface area contributed by atoms with E-state index in [4.69, 9.17) is 24.9 Å². The Bertz CT molecular complexity index is 2420. The fourth-order valence-electron chi connectivity index (χ4n) is 12.8. The summed E-state index contributed by atoms with van der Waals surface area (Å²) in [5, 5.41) is 29.1. The van der Waals surface area contributed by atoms with Gasteiger partial charge in [0.1, 0.15) is 5.82 Å². The third kappa shape index (κ3) is 6.67. The molecule has 6 heterocycles. The summed E-state index contributed by atoms with van der Waals surface area (Å²) in [5.41, 5.74) is 7.10. The molecule has 12 nitrogen and oxygen atoms in total. The summed E-state index contributed by atoms with van der Waals surface area (Å²) in [6.45, 7) is 16.9. The second-order valence-corrected chi connectivity index (χ2v) is 20.3. The highest BCUT2D eigenvalue weighted by molar-refractivity contribution is 7.22. The number of aryl methyl sites for hydroxylation is 1. The van der Waals surface area contributed by atoms with Crippen molar-refractivity contribution in [1.82, 2.24) is 34.8 Å². The smallest absolute Gasteiger partial charge is 0.355 e. The molecule has 2 aliphatic heterocycles. The highest BCUT2D eigenvalue weighted by atomic mass is 32.1. The second kappa shape index (κ2) is 13.8. The van der Waals surface area contributed by atoms with Crippen molar-refractivity contribution in [2.45, 2.75) is 111 Å². The largest absolute Gasteiger partial charge is 0.476 e. The van der Waals surface area contributed by atoms with E-state index in [1.165, 1.54) is 50.8 Å². The molecule has 4 aliphatic carbocycles. The molecular weight excluding hydrogens is 747 g/mol. The van der Waals surface area contributed by atoms with Crippen LogP contribution in [0.2, 0.25) is 0 Å². The predicted molar refractivity (Wildman–Crippen MR) is 228 cm³/mol. The molecule has 1 saturated heterocycles. The fraction of sp³-hybridized carbons (Fsp3) is 0.556. The number of aromatic carboxylic acids is 1. The second-order valence-electron chi connectivity index (χ2n) is 19.3. The molecule has 11 rings (SSSR count). The van der Waals surface area contributed by atoms with Gasteiger partial charge in [-0.25, -0.2) is 14.8 Å². The van der Waals surface area contributed by atoms with Crippen LogP contribution in [0.4, 0.5) is 22.6 Å². The van der Waals surface area contributed by atoms with Crippen LogP contribution < -0.4 is 10.2 Å². The SMILES string of the molecule is Cc1ccc2sc(Nc3nnc4c(c3C)CCCN4c3ccc(-c4cnn(CC56CC7(C)CC(C)(C5)CC(OCCN5CCCC5)(C7)C6)c4C)c(C(=O)O)n3)nc2c1. The van der Waals surface area contributed by atoms with Gasteiger partial charge in [-0.05, 0) is 144 Å². The van der Waals surface area contributed by atoms with Crippen molar-refractivity contribution in [3.05, 3.63) is 64.6 Å². The number of pyridine rings is 1. The van der Waals surface area contributed by atoms with E-state index in [9.17, 15) is 9.90 Å². The van der Waals surface area contributed by atoms with Gasteiger partial charge in [0, 0.05) is 47.6 Å². The van der Waals surface area contributed by atoms with Crippen LogP contribution in [0.5, 0.6) is 0 Å². The zero-order valence-corrected chi connectivity index (χ0v) is 35.3. The van der Waals surface area contributed by atoms with Crippen LogP contribution in [0.15, 0.2) is 36.5 Å². The molecule has 2 unspecified atom stereocenters. The minimum atomic E-state index is -1.07. The summed E-state index contributed by atoms with van der Waals surface area (Å²) in [6.07, 6.45) is 13.1. The molecule has 0 spiro atoms. The number of ether oxygens (including phenoxy) is 1. The van der Waals surface area contributed by atoms with Gasteiger partial charge in [0.25, 0.3) is 0 Å². The standard InChI is InChI=1S/C45H55N9O3S/c1-28-10-12-35-34(19-28)47-41(58-35)49-38-29(2)31-9-8-16-53(39(31)51-50-38)36-13-11-32(37(48-36)40(55)56)33-20-46-54(30(33)3)27-44-22-42(4)21-43(5,23-44)25-45(24-42,26-44)57-18-17-52-14-6-7-15-52/h10-13,19-20H,6-9,14-18,21-27H2,1-5H3,(H,55,56)(H,47,49,50). The van der Waals surface area contributed by atoms with Gasteiger partial charge in [-0.15, -0.1) is 10.2 Å². The van der Waals surface area contributed by atoms with Crippen LogP contribution in [0.1, 0.15) is 105 Å². The lowest BCUT2D eigenvalue weighted by molar-refractivity contribution is -0.248. The summed E-state index contributed by atoms with van der Waals surface area (Å²) < 4.78 is 10.3. The third-order valence-corrected chi connectivity index (χ3v) is 15.0. The van der Waals surface area contributed by atoms with E-state index >= 15 is 0 Å². The number of fused-ring (bicyclic) bond motifs is 2. The van der Waals surface area contributed by atoms with E-state index in [2.05, 4.69) is 72.8 Å². The van der Waals surface area contributed by atoms with Crippen LogP contribution in [-0.4, -0.2) is 84.3 Å². The molecule has 13 heteroatoms. The number of aromatic nitrogens is 6. The minimum absolute atomic E-state index is 0.0153. The number of rotatable bonds is 11. The molecule has 304 valence electrons. The number of likely N-dealkylation sites (tertiary alicyclic amines) is 1. The number of nitrogens with zero attached hydrogens (tertiary/aromatic N) is 8. The van der Waals surface area contributed by atoms with Crippen molar-refractivity contribution < 1.29 is 14.6 Å². The molecule has 0 amide bonds. The number of nitrogens with one attached hydrogen (secondary N) is 1. The van der Waals surface area contributed by atoms with E-state index in [-0.39, 0.29) is 27.5 Å². The monoisotopic (exact) mass is 801 g/mol. The Balaban J connectivity index is 0.903. The molecule has 4 saturated carbocycles. The normalized spacial score (nSPS) is 27.8. The predicted octanol–water partition coefficient (Wildman–Crippen LogP) is 9.03. The van der Waals surface area contributed by atoms with Crippen LogP contribution >= 0.6 is 11.3 Å². The number of hydrogen-bond acceptors (Lipinski definition) is 11. The molecule has 0 radical (unpaired) electrons. The first kappa shape index (κ1) is 37.8. The van der Waals surface area contributed by atoms with Gasteiger partial charge in [-0.3, -0.25) is 4.68 Å². The third-order valence-electron chi connectivity index (χ3n) is 14.1. The van der Waals surface area contributed by atoms with Crippen molar-refractivity contribution in [3.63, 3.8) is 0 Å². The summed E-state index contributed by atoms with van der Waals surface area (Å²) in [5.74, 6) is 0.873. The van der Waals surface area contributed by atoms with Crippen molar-refractivity contribution in [2.75, 3.05) is 43.0 Å².